The molecule has 2 aromatic rings. The molecule has 208 valence electrons. The van der Waals surface area contributed by atoms with Gasteiger partial charge in [0.2, 0.25) is 15.9 Å². The quantitative estimate of drug-likeness (QED) is 0.349. The fourth-order valence-corrected chi connectivity index (χ4v) is 6.25. The van der Waals surface area contributed by atoms with Crippen LogP contribution in [0.3, 0.4) is 0 Å². The van der Waals surface area contributed by atoms with E-state index in [1.54, 1.807) is 29.2 Å². The highest BCUT2D eigenvalue weighted by atomic mass is 32.2. The van der Waals surface area contributed by atoms with Crippen LogP contribution in [0.1, 0.15) is 25.3 Å². The van der Waals surface area contributed by atoms with Crippen molar-refractivity contribution in [3.05, 3.63) is 53.6 Å². The predicted molar refractivity (Wildman–Crippen MR) is 148 cm³/mol. The van der Waals surface area contributed by atoms with Gasteiger partial charge in [-0.1, -0.05) is 31.2 Å². The third-order valence-electron chi connectivity index (χ3n) is 6.70. The lowest BCUT2D eigenvalue weighted by atomic mass is 10.0. The van der Waals surface area contributed by atoms with Gasteiger partial charge in [-0.3, -0.25) is 4.79 Å². The molecule has 0 radical (unpaired) electrons. The number of carbonyl (C=O) groups is 2. The first-order valence-corrected chi connectivity index (χ1v) is 14.2. The number of nitrogens with zero attached hydrogens (tertiary/aromatic N) is 3. The van der Waals surface area contributed by atoms with Crippen molar-refractivity contribution >= 4 is 39.6 Å². The smallest absolute Gasteiger partial charge is 0.404 e. The van der Waals surface area contributed by atoms with Crippen molar-refractivity contribution in [3.63, 3.8) is 0 Å². The van der Waals surface area contributed by atoms with Gasteiger partial charge in [0.05, 0.1) is 10.6 Å². The Hall–Kier alpha value is -3.74. The number of rotatable bonds is 10. The van der Waals surface area contributed by atoms with Crippen LogP contribution in [0.25, 0.3) is 17.2 Å². The number of sulfonamides is 1. The molecule has 2 aliphatic heterocycles. The number of nitrogens with two attached hydrogens (primary N) is 1. The topological polar surface area (TPSA) is 166 Å². The molecule has 5 N–H and O–H groups in total. The molecule has 1 saturated heterocycles. The van der Waals surface area contributed by atoms with E-state index in [9.17, 15) is 23.1 Å². The molecule has 2 aromatic carbocycles. The Bertz CT molecular complexity index is 1420. The molecule has 12 heteroatoms. The summed E-state index contributed by atoms with van der Waals surface area (Å²) in [5, 5.41) is 20.4. The van der Waals surface area contributed by atoms with E-state index in [2.05, 4.69) is 10.3 Å². The Balaban J connectivity index is 1.59. The van der Waals surface area contributed by atoms with Gasteiger partial charge in [0, 0.05) is 62.8 Å². The molecule has 0 aromatic heterocycles. The maximum atomic E-state index is 13.3. The maximum Gasteiger partial charge on any atom is 0.404 e. The molecule has 0 unspecified atom stereocenters. The van der Waals surface area contributed by atoms with Crippen molar-refractivity contribution in [1.29, 1.82) is 0 Å². The monoisotopic (exact) mass is 555 g/mol. The summed E-state index contributed by atoms with van der Waals surface area (Å²) < 4.78 is 27.4. The third kappa shape index (κ3) is 6.47. The average molecular weight is 556 g/mol. The number of benzene rings is 2. The number of carbonyl (C=O) groups excluding carboxylic acids is 1. The number of hydrogen-bond donors (Lipinski definition) is 4. The molecular formula is C27H33N5O6S. The Kier molecular flexibility index (Phi) is 8.68. The lowest BCUT2D eigenvalue weighted by Gasteiger charge is -2.36. The van der Waals surface area contributed by atoms with E-state index < -0.39 is 16.1 Å². The number of amides is 2. The number of aliphatic hydroxyl groups excluding tert-OH is 1. The van der Waals surface area contributed by atoms with Gasteiger partial charge in [0.25, 0.3) is 0 Å². The van der Waals surface area contributed by atoms with E-state index in [4.69, 9.17) is 10.8 Å². The molecule has 0 bridgehead atoms. The minimum absolute atomic E-state index is 0.0313. The molecule has 0 saturated carbocycles. The summed E-state index contributed by atoms with van der Waals surface area (Å²) in [5.74, 6) is 0.000704. The lowest BCUT2D eigenvalue weighted by molar-refractivity contribution is -0.127. The molecule has 39 heavy (non-hydrogen) atoms. The van der Waals surface area contributed by atoms with Crippen molar-refractivity contribution in [2.24, 2.45) is 16.6 Å². The summed E-state index contributed by atoms with van der Waals surface area (Å²) in [7, 11) is -3.66. The normalized spacial score (nSPS) is 15.8. The van der Waals surface area contributed by atoms with E-state index in [0.29, 0.717) is 48.4 Å². The van der Waals surface area contributed by atoms with Crippen LogP contribution < -0.4 is 11.1 Å². The van der Waals surface area contributed by atoms with Gasteiger partial charge < -0.3 is 26.2 Å². The second-order valence-corrected chi connectivity index (χ2v) is 11.6. The molecule has 0 atom stereocenters. The molecule has 11 nitrogen and oxygen atoms in total. The van der Waals surface area contributed by atoms with Crippen LogP contribution in [0.5, 0.6) is 0 Å². The van der Waals surface area contributed by atoms with Gasteiger partial charge in [0.15, 0.2) is 0 Å². The number of aliphatic hydroxyl groups is 1. The summed E-state index contributed by atoms with van der Waals surface area (Å²) >= 11 is 0. The minimum atomic E-state index is -3.66. The van der Waals surface area contributed by atoms with E-state index in [1.165, 1.54) is 4.31 Å². The van der Waals surface area contributed by atoms with Gasteiger partial charge in [-0.05, 0) is 41.8 Å². The van der Waals surface area contributed by atoms with Gasteiger partial charge in [-0.15, -0.1) is 0 Å². The van der Waals surface area contributed by atoms with Gasteiger partial charge in [0.1, 0.15) is 5.84 Å². The second-order valence-electron chi connectivity index (χ2n) is 9.65. The molecule has 1 fully saturated rings. The van der Waals surface area contributed by atoms with Crippen molar-refractivity contribution < 1.29 is 28.2 Å². The van der Waals surface area contributed by atoms with Gasteiger partial charge in [-0.2, -0.15) is 4.31 Å². The van der Waals surface area contributed by atoms with Crippen LogP contribution in [-0.2, 0) is 14.8 Å². The molecule has 2 amide bonds. The first kappa shape index (κ1) is 28.3. The van der Waals surface area contributed by atoms with Gasteiger partial charge in [-0.25, -0.2) is 18.2 Å². The highest BCUT2D eigenvalue weighted by molar-refractivity contribution is 7.89. The summed E-state index contributed by atoms with van der Waals surface area (Å²) in [6.07, 6.45) is 1.46. The fraction of sp³-hybridized carbons (Fsp3) is 0.370. The average Bonchev–Trinajstić information content (AvgIpc) is 3.04. The Morgan fingerprint density at radius 2 is 1.90 bits per heavy atom. The number of aliphatic imine (C=N–C) groups is 1. The van der Waals surface area contributed by atoms with E-state index in [1.807, 2.05) is 31.2 Å². The predicted octanol–water partition coefficient (Wildman–Crippen LogP) is 2.25. The van der Waals surface area contributed by atoms with Crippen LogP contribution in [0, 0.1) is 5.92 Å². The summed E-state index contributed by atoms with van der Waals surface area (Å²) in [6, 6.07) is 12.1. The molecular weight excluding hydrogens is 522 g/mol. The number of amidine groups is 1. The molecule has 0 spiro atoms. The first-order valence-electron chi connectivity index (χ1n) is 12.8. The van der Waals surface area contributed by atoms with Crippen LogP contribution in [0.15, 0.2) is 57.9 Å². The van der Waals surface area contributed by atoms with Crippen LogP contribution in [-0.4, -0.2) is 85.0 Å². The SMILES string of the molecule is CCCN(CCNC(=O)O)C(=O)C1=Cc2ccc(-c3cccc(S(=O)(=O)N4CC(CO)C4)c3)cc2N=C(N)C1. The zero-order chi connectivity index (χ0) is 28.2. The largest absolute Gasteiger partial charge is 0.465 e. The van der Waals surface area contributed by atoms with E-state index in [0.717, 1.165) is 5.56 Å². The number of hydrogen-bond acceptors (Lipinski definition) is 7. The Morgan fingerprint density at radius 1 is 1.15 bits per heavy atom. The molecule has 2 aliphatic rings. The number of fused-ring (bicyclic) bond motifs is 1. The standard InChI is InChI=1S/C27H33N5O6S/c1-2-9-31(10-8-29-27(35)36)26(34)22-11-21-7-6-20(13-24(21)30-25(28)14-22)19-4-3-5-23(12-19)39(37,38)32-15-18(16-32)17-33/h3-7,11-13,18,29,33H,2,8-10,14-17H2,1H3,(H2,28,30)(H,35,36). The van der Waals surface area contributed by atoms with Crippen molar-refractivity contribution in [2.75, 3.05) is 39.3 Å². The Morgan fingerprint density at radius 3 is 2.59 bits per heavy atom. The van der Waals surface area contributed by atoms with Gasteiger partial charge >= 0.3 is 6.09 Å². The first-order chi connectivity index (χ1) is 18.6. The fourth-order valence-electron chi connectivity index (χ4n) is 4.61. The number of carboxylic acid groups (broad SMARTS) is 1. The minimum Gasteiger partial charge on any atom is -0.465 e. The summed E-state index contributed by atoms with van der Waals surface area (Å²) in [4.78, 5) is 30.4. The maximum absolute atomic E-state index is 13.3. The Labute approximate surface area is 227 Å². The van der Waals surface area contributed by atoms with Crippen molar-refractivity contribution in [1.82, 2.24) is 14.5 Å². The number of nitrogens with one attached hydrogen (secondary N) is 1. The highest BCUT2D eigenvalue weighted by Gasteiger charge is 2.36. The van der Waals surface area contributed by atoms with E-state index >= 15 is 0 Å². The molecule has 4 rings (SSSR count). The summed E-state index contributed by atoms with van der Waals surface area (Å²) in [6.45, 7) is 3.32. The lowest BCUT2D eigenvalue weighted by Crippen LogP contribution is -2.51. The zero-order valence-corrected chi connectivity index (χ0v) is 22.5. The van der Waals surface area contributed by atoms with Crippen molar-refractivity contribution in [3.8, 4) is 11.1 Å². The molecule has 2 heterocycles. The molecule has 0 aliphatic carbocycles. The van der Waals surface area contributed by atoms with Crippen LogP contribution >= 0.6 is 0 Å². The summed E-state index contributed by atoms with van der Waals surface area (Å²) in [5.41, 5.74) is 9.33. The van der Waals surface area contributed by atoms with Crippen LogP contribution in [0.2, 0.25) is 0 Å². The van der Waals surface area contributed by atoms with Crippen molar-refractivity contribution in [2.45, 2.75) is 24.7 Å². The van der Waals surface area contributed by atoms with Crippen LogP contribution in [0.4, 0.5) is 10.5 Å². The second kappa shape index (κ2) is 12.0. The third-order valence-corrected chi connectivity index (χ3v) is 8.52. The highest BCUT2D eigenvalue weighted by Crippen LogP contribution is 2.34. The zero-order valence-electron chi connectivity index (χ0n) is 21.7. The van der Waals surface area contributed by atoms with E-state index in [-0.39, 0.29) is 48.7 Å².